The van der Waals surface area contributed by atoms with Crippen LogP contribution >= 0.6 is 0 Å². The molecule has 0 bridgehead atoms. The molecule has 1 amide bonds. The van der Waals surface area contributed by atoms with Gasteiger partial charge in [-0.3, -0.25) is 9.89 Å². The van der Waals surface area contributed by atoms with Gasteiger partial charge in [-0.1, -0.05) is 30.3 Å². The number of carbonyl (C=O) groups is 2. The van der Waals surface area contributed by atoms with Crippen LogP contribution in [0.5, 0.6) is 0 Å². The number of hydrogen-bond donors (Lipinski definition) is 1. The van der Waals surface area contributed by atoms with Crippen LogP contribution in [0.2, 0.25) is 0 Å². The van der Waals surface area contributed by atoms with E-state index in [2.05, 4.69) is 10.2 Å². The molecule has 0 radical (unpaired) electrons. The Morgan fingerprint density at radius 2 is 1.88 bits per heavy atom. The summed E-state index contributed by atoms with van der Waals surface area (Å²) in [6.07, 6.45) is -0.943. The first-order chi connectivity index (χ1) is 12.4. The minimum atomic E-state index is -0.872. The summed E-state index contributed by atoms with van der Waals surface area (Å²) in [5, 5.41) is 6.80. The Morgan fingerprint density at radius 3 is 2.54 bits per heavy atom. The van der Waals surface area contributed by atoms with Crippen molar-refractivity contribution in [3.8, 4) is 11.3 Å². The van der Waals surface area contributed by atoms with Crippen molar-refractivity contribution in [1.29, 1.82) is 0 Å². The second-order valence-electron chi connectivity index (χ2n) is 6.58. The van der Waals surface area contributed by atoms with E-state index >= 15 is 0 Å². The number of benzene rings is 1. The number of esters is 1. The van der Waals surface area contributed by atoms with Crippen molar-refractivity contribution in [2.24, 2.45) is 0 Å². The molecule has 0 aliphatic carbocycles. The average Bonchev–Trinajstić information content (AvgIpc) is 3.11. The standard InChI is InChI=1S/C19H23N3O4/c1-12-10-22(11-13(2)25-12)18(23)14(3)26-19(24)17-9-16(20-21-17)15-7-5-4-6-8-15/h4-9,12-14H,10-11H2,1-3H3,(H,20,21). The number of aromatic amines is 1. The molecule has 26 heavy (non-hydrogen) atoms. The second-order valence-corrected chi connectivity index (χ2v) is 6.58. The van der Waals surface area contributed by atoms with Crippen molar-refractivity contribution in [3.05, 3.63) is 42.1 Å². The van der Waals surface area contributed by atoms with Gasteiger partial charge in [-0.25, -0.2) is 4.79 Å². The first-order valence-electron chi connectivity index (χ1n) is 8.70. The van der Waals surface area contributed by atoms with Gasteiger partial charge in [-0.15, -0.1) is 0 Å². The summed E-state index contributed by atoms with van der Waals surface area (Å²) in [7, 11) is 0. The van der Waals surface area contributed by atoms with Gasteiger partial charge in [-0.05, 0) is 26.8 Å². The molecule has 3 unspecified atom stereocenters. The van der Waals surface area contributed by atoms with Gasteiger partial charge in [0.2, 0.25) is 0 Å². The lowest BCUT2D eigenvalue weighted by Gasteiger charge is -2.36. The Kier molecular flexibility index (Phi) is 5.37. The highest BCUT2D eigenvalue weighted by Crippen LogP contribution is 2.18. The second kappa shape index (κ2) is 7.70. The predicted octanol–water partition coefficient (Wildman–Crippen LogP) is 2.26. The first-order valence-corrected chi connectivity index (χ1v) is 8.70. The zero-order chi connectivity index (χ0) is 18.7. The van der Waals surface area contributed by atoms with Gasteiger partial charge in [0.25, 0.3) is 5.91 Å². The Labute approximate surface area is 152 Å². The SMILES string of the molecule is CC1CN(C(=O)C(C)OC(=O)c2cc(-c3ccccc3)n[nH]2)CC(C)O1. The Balaban J connectivity index is 1.62. The molecule has 1 aromatic heterocycles. The van der Waals surface area contributed by atoms with E-state index in [4.69, 9.17) is 9.47 Å². The molecule has 1 aromatic carbocycles. The monoisotopic (exact) mass is 357 g/mol. The van der Waals surface area contributed by atoms with Crippen LogP contribution in [0, 0.1) is 0 Å². The molecule has 1 saturated heterocycles. The van der Waals surface area contributed by atoms with Crippen LogP contribution in [-0.4, -0.2) is 58.4 Å². The normalized spacial score (nSPS) is 21.3. The number of ether oxygens (including phenoxy) is 2. The largest absolute Gasteiger partial charge is 0.448 e. The number of nitrogens with one attached hydrogen (secondary N) is 1. The van der Waals surface area contributed by atoms with Crippen molar-refractivity contribution in [2.45, 2.75) is 39.1 Å². The van der Waals surface area contributed by atoms with E-state index in [-0.39, 0.29) is 23.8 Å². The molecular weight excluding hydrogens is 334 g/mol. The van der Waals surface area contributed by atoms with E-state index in [1.54, 1.807) is 17.9 Å². The van der Waals surface area contributed by atoms with Gasteiger partial charge >= 0.3 is 5.97 Å². The lowest BCUT2D eigenvalue weighted by Crippen LogP contribution is -2.51. The zero-order valence-electron chi connectivity index (χ0n) is 15.1. The molecule has 3 atom stereocenters. The number of nitrogens with zero attached hydrogens (tertiary/aromatic N) is 2. The van der Waals surface area contributed by atoms with E-state index < -0.39 is 12.1 Å². The van der Waals surface area contributed by atoms with Crippen LogP contribution in [0.1, 0.15) is 31.3 Å². The maximum absolute atomic E-state index is 12.6. The third kappa shape index (κ3) is 4.11. The number of morpholine rings is 1. The quantitative estimate of drug-likeness (QED) is 0.849. The van der Waals surface area contributed by atoms with Crippen LogP contribution in [0.25, 0.3) is 11.3 Å². The highest BCUT2D eigenvalue weighted by Gasteiger charge is 2.30. The van der Waals surface area contributed by atoms with Gasteiger partial charge in [0.15, 0.2) is 6.10 Å². The highest BCUT2D eigenvalue weighted by molar-refractivity contribution is 5.91. The number of aromatic nitrogens is 2. The molecule has 1 aliphatic heterocycles. The molecule has 0 saturated carbocycles. The van der Waals surface area contributed by atoms with E-state index in [1.165, 1.54) is 0 Å². The summed E-state index contributed by atoms with van der Waals surface area (Å²) in [6, 6.07) is 11.1. The fraction of sp³-hybridized carbons (Fsp3) is 0.421. The van der Waals surface area contributed by atoms with Gasteiger partial charge < -0.3 is 14.4 Å². The summed E-state index contributed by atoms with van der Waals surface area (Å²) in [4.78, 5) is 26.6. The summed E-state index contributed by atoms with van der Waals surface area (Å²) in [5.41, 5.74) is 1.75. The molecule has 7 nitrogen and oxygen atoms in total. The summed E-state index contributed by atoms with van der Waals surface area (Å²) in [5.74, 6) is -0.821. The van der Waals surface area contributed by atoms with Gasteiger partial charge in [0.1, 0.15) is 5.69 Å². The summed E-state index contributed by atoms with van der Waals surface area (Å²) >= 11 is 0. The fourth-order valence-corrected chi connectivity index (χ4v) is 3.07. The van der Waals surface area contributed by atoms with Crippen molar-refractivity contribution < 1.29 is 19.1 Å². The molecule has 1 fully saturated rings. The molecule has 7 heteroatoms. The molecule has 2 aromatic rings. The summed E-state index contributed by atoms with van der Waals surface area (Å²) in [6.45, 7) is 6.41. The number of H-pyrrole nitrogens is 1. The van der Waals surface area contributed by atoms with Crippen LogP contribution in [0.4, 0.5) is 0 Å². The molecule has 2 heterocycles. The fourth-order valence-electron chi connectivity index (χ4n) is 3.07. The Bertz CT molecular complexity index is 764. The van der Waals surface area contributed by atoms with Crippen molar-refractivity contribution >= 4 is 11.9 Å². The highest BCUT2D eigenvalue weighted by atomic mass is 16.5. The van der Waals surface area contributed by atoms with Gasteiger partial charge in [0, 0.05) is 18.7 Å². The zero-order valence-corrected chi connectivity index (χ0v) is 15.1. The molecule has 0 spiro atoms. The van der Waals surface area contributed by atoms with Crippen molar-refractivity contribution in [1.82, 2.24) is 15.1 Å². The van der Waals surface area contributed by atoms with Crippen molar-refractivity contribution in [2.75, 3.05) is 13.1 Å². The minimum absolute atomic E-state index is 0.0355. The minimum Gasteiger partial charge on any atom is -0.448 e. The number of carbonyl (C=O) groups excluding carboxylic acids is 2. The molecule has 3 rings (SSSR count). The predicted molar refractivity (Wildman–Crippen MR) is 95.5 cm³/mol. The van der Waals surface area contributed by atoms with Crippen LogP contribution < -0.4 is 0 Å². The van der Waals surface area contributed by atoms with E-state index in [0.29, 0.717) is 18.8 Å². The first kappa shape index (κ1) is 18.1. The number of rotatable bonds is 4. The smallest absolute Gasteiger partial charge is 0.357 e. The van der Waals surface area contributed by atoms with E-state index in [0.717, 1.165) is 5.56 Å². The van der Waals surface area contributed by atoms with Crippen LogP contribution in [0.3, 0.4) is 0 Å². The van der Waals surface area contributed by atoms with Gasteiger partial charge in [-0.2, -0.15) is 5.10 Å². The molecule has 138 valence electrons. The van der Waals surface area contributed by atoms with E-state index in [1.807, 2.05) is 44.2 Å². The topological polar surface area (TPSA) is 84.5 Å². The van der Waals surface area contributed by atoms with E-state index in [9.17, 15) is 9.59 Å². The lowest BCUT2D eigenvalue weighted by molar-refractivity contribution is -0.151. The van der Waals surface area contributed by atoms with Crippen molar-refractivity contribution in [3.63, 3.8) is 0 Å². The molecule has 1 aliphatic rings. The maximum atomic E-state index is 12.6. The Morgan fingerprint density at radius 1 is 1.23 bits per heavy atom. The third-order valence-electron chi connectivity index (χ3n) is 4.23. The summed E-state index contributed by atoms with van der Waals surface area (Å²) < 4.78 is 11.0. The molecule has 1 N–H and O–H groups in total. The van der Waals surface area contributed by atoms with Crippen LogP contribution in [0.15, 0.2) is 36.4 Å². The van der Waals surface area contributed by atoms with Crippen LogP contribution in [-0.2, 0) is 14.3 Å². The Hall–Kier alpha value is -2.67. The maximum Gasteiger partial charge on any atom is 0.357 e. The number of hydrogen-bond acceptors (Lipinski definition) is 5. The average molecular weight is 357 g/mol. The van der Waals surface area contributed by atoms with Gasteiger partial charge in [0.05, 0.1) is 17.9 Å². The third-order valence-corrected chi connectivity index (χ3v) is 4.23. The number of amides is 1. The lowest BCUT2D eigenvalue weighted by atomic mass is 10.1. The molecular formula is C19H23N3O4.